The molecule has 11 heteroatoms. The highest BCUT2D eigenvalue weighted by atomic mass is 79.9. The van der Waals surface area contributed by atoms with Crippen LogP contribution in [0.1, 0.15) is 25.0 Å². The summed E-state index contributed by atoms with van der Waals surface area (Å²) in [4.78, 5) is 29.5. The number of sulfonamides is 1. The fourth-order valence-electron chi connectivity index (χ4n) is 4.79. The molecule has 0 fully saturated rings. The predicted octanol–water partition coefficient (Wildman–Crippen LogP) is 6.47. The number of nitrogens with zero attached hydrogens (tertiary/aromatic N) is 2. The van der Waals surface area contributed by atoms with Crippen LogP contribution in [0.15, 0.2) is 112 Å². The van der Waals surface area contributed by atoms with Crippen LogP contribution in [0.25, 0.3) is 0 Å². The first kappa shape index (κ1) is 34.0. The van der Waals surface area contributed by atoms with Gasteiger partial charge in [0, 0.05) is 29.0 Å². The molecule has 1 atom stereocenters. The number of carbonyl (C=O) groups excluding carboxylic acids is 2. The summed E-state index contributed by atoms with van der Waals surface area (Å²) in [6.07, 6.45) is 0.214. The lowest BCUT2D eigenvalue weighted by molar-refractivity contribution is -0.140. The van der Waals surface area contributed by atoms with E-state index in [0.717, 1.165) is 9.87 Å². The monoisotopic (exact) mass is 711 g/mol. The van der Waals surface area contributed by atoms with Crippen molar-refractivity contribution in [3.05, 3.63) is 124 Å². The normalized spacial score (nSPS) is 11.8. The van der Waals surface area contributed by atoms with Crippen molar-refractivity contribution < 1.29 is 22.7 Å². The van der Waals surface area contributed by atoms with Gasteiger partial charge in [-0.1, -0.05) is 76.1 Å². The molecular weight excluding hydrogens is 678 g/mol. The van der Waals surface area contributed by atoms with Crippen molar-refractivity contribution in [3.8, 4) is 5.75 Å². The molecule has 0 spiro atoms. The summed E-state index contributed by atoms with van der Waals surface area (Å²) in [5, 5.41) is 3.28. The zero-order valence-electron chi connectivity index (χ0n) is 25.0. The number of hydrogen-bond acceptors (Lipinski definition) is 5. The van der Waals surface area contributed by atoms with Gasteiger partial charge in [-0.3, -0.25) is 13.9 Å². The Morgan fingerprint density at radius 1 is 0.889 bits per heavy atom. The smallest absolute Gasteiger partial charge is 0.264 e. The Morgan fingerprint density at radius 2 is 1.53 bits per heavy atom. The average Bonchev–Trinajstić information content (AvgIpc) is 3.03. The highest BCUT2D eigenvalue weighted by Crippen LogP contribution is 2.28. The topological polar surface area (TPSA) is 96.0 Å². The molecule has 0 unspecified atom stereocenters. The van der Waals surface area contributed by atoms with Crippen LogP contribution < -0.4 is 14.4 Å². The highest BCUT2D eigenvalue weighted by Gasteiger charge is 2.34. The molecular formula is C34H35BrClN3O5S. The molecule has 0 aliphatic heterocycles. The summed E-state index contributed by atoms with van der Waals surface area (Å²) in [6, 6.07) is 28.2. The number of amides is 2. The quantitative estimate of drug-likeness (QED) is 0.162. The molecule has 236 valence electrons. The first-order valence-electron chi connectivity index (χ1n) is 14.5. The lowest BCUT2D eigenvalue weighted by Gasteiger charge is -2.34. The summed E-state index contributed by atoms with van der Waals surface area (Å²) in [5.41, 5.74) is 1.74. The van der Waals surface area contributed by atoms with Gasteiger partial charge in [0.2, 0.25) is 11.8 Å². The van der Waals surface area contributed by atoms with Crippen LogP contribution in [0.2, 0.25) is 5.02 Å². The molecule has 45 heavy (non-hydrogen) atoms. The lowest BCUT2D eigenvalue weighted by Crippen LogP contribution is -2.53. The first-order valence-corrected chi connectivity index (χ1v) is 17.1. The maximum absolute atomic E-state index is 14.4. The van der Waals surface area contributed by atoms with E-state index in [1.807, 2.05) is 37.3 Å². The third-order valence-electron chi connectivity index (χ3n) is 7.04. The van der Waals surface area contributed by atoms with Gasteiger partial charge in [-0.15, -0.1) is 0 Å². The van der Waals surface area contributed by atoms with Crippen molar-refractivity contribution in [1.29, 1.82) is 0 Å². The van der Waals surface area contributed by atoms with Gasteiger partial charge in [0.15, 0.2) is 0 Å². The lowest BCUT2D eigenvalue weighted by atomic mass is 10.0. The molecule has 0 bridgehead atoms. The maximum atomic E-state index is 14.4. The van der Waals surface area contributed by atoms with Gasteiger partial charge < -0.3 is 15.0 Å². The molecule has 0 aliphatic rings. The van der Waals surface area contributed by atoms with Crippen molar-refractivity contribution in [2.24, 2.45) is 0 Å². The summed E-state index contributed by atoms with van der Waals surface area (Å²) in [7, 11) is -4.22. The second-order valence-corrected chi connectivity index (χ2v) is 13.3. The zero-order chi connectivity index (χ0) is 32.4. The highest BCUT2D eigenvalue weighted by molar-refractivity contribution is 9.10. The average molecular weight is 713 g/mol. The Hall–Kier alpha value is -3.86. The molecule has 0 radical (unpaired) electrons. The molecule has 0 saturated heterocycles. The number of hydrogen-bond donors (Lipinski definition) is 1. The van der Waals surface area contributed by atoms with Gasteiger partial charge in [0.05, 0.1) is 17.2 Å². The van der Waals surface area contributed by atoms with Gasteiger partial charge in [-0.05, 0) is 79.6 Å². The minimum atomic E-state index is -4.22. The van der Waals surface area contributed by atoms with E-state index >= 15 is 0 Å². The Kier molecular flexibility index (Phi) is 12.0. The largest absolute Gasteiger partial charge is 0.494 e. The Labute approximate surface area is 278 Å². The second kappa shape index (κ2) is 15.9. The number of halogens is 2. The number of rotatable bonds is 14. The number of carbonyl (C=O) groups is 2. The van der Waals surface area contributed by atoms with Crippen LogP contribution in [0.4, 0.5) is 5.69 Å². The molecule has 4 aromatic carbocycles. The van der Waals surface area contributed by atoms with Crippen molar-refractivity contribution in [2.45, 2.75) is 37.8 Å². The minimum Gasteiger partial charge on any atom is -0.494 e. The molecule has 0 heterocycles. The molecule has 2 amide bonds. The van der Waals surface area contributed by atoms with E-state index in [1.54, 1.807) is 67.6 Å². The van der Waals surface area contributed by atoms with E-state index in [4.69, 9.17) is 16.3 Å². The Balaban J connectivity index is 1.80. The van der Waals surface area contributed by atoms with E-state index < -0.39 is 28.5 Å². The summed E-state index contributed by atoms with van der Waals surface area (Å²) < 4.78 is 35.6. The van der Waals surface area contributed by atoms with E-state index in [-0.39, 0.29) is 29.5 Å². The number of ether oxygens (including phenoxy) is 1. The van der Waals surface area contributed by atoms with Crippen molar-refractivity contribution in [3.63, 3.8) is 0 Å². The van der Waals surface area contributed by atoms with Crippen LogP contribution in [0.3, 0.4) is 0 Å². The third-order valence-corrected chi connectivity index (χ3v) is 9.72. The standard InChI is InChI=1S/C34H35BrClN3O5S/c1-3-37-34(41)32(22-25-10-6-5-7-11-25)38(23-26-12-8-9-13-31(26)36)33(40)24-39(28-16-18-29(19-17-28)44-4-2)45(42,43)30-20-14-27(35)15-21-30/h5-21,32H,3-4,22-24H2,1-2H3,(H,37,41)/t32-/m1/s1. The number of likely N-dealkylation sites (N-methyl/N-ethyl adjacent to an activating group) is 1. The van der Waals surface area contributed by atoms with Gasteiger partial charge >= 0.3 is 0 Å². The van der Waals surface area contributed by atoms with E-state index in [2.05, 4.69) is 21.2 Å². The van der Waals surface area contributed by atoms with Crippen molar-refractivity contribution >= 4 is 55.1 Å². The van der Waals surface area contributed by atoms with Crippen LogP contribution in [-0.2, 0) is 32.6 Å². The van der Waals surface area contributed by atoms with Gasteiger partial charge in [-0.25, -0.2) is 8.42 Å². The first-order chi connectivity index (χ1) is 21.6. The molecule has 4 aromatic rings. The maximum Gasteiger partial charge on any atom is 0.264 e. The van der Waals surface area contributed by atoms with Crippen LogP contribution in [0.5, 0.6) is 5.75 Å². The van der Waals surface area contributed by atoms with Gasteiger partial charge in [0.1, 0.15) is 18.3 Å². The number of nitrogens with one attached hydrogen (secondary N) is 1. The zero-order valence-corrected chi connectivity index (χ0v) is 28.2. The summed E-state index contributed by atoms with van der Waals surface area (Å²) in [6.45, 7) is 3.87. The fraction of sp³-hybridized carbons (Fsp3) is 0.235. The van der Waals surface area contributed by atoms with Crippen LogP contribution >= 0.6 is 27.5 Å². The van der Waals surface area contributed by atoms with Crippen molar-refractivity contribution in [2.75, 3.05) is 24.0 Å². The number of anilines is 1. The van der Waals surface area contributed by atoms with Gasteiger partial charge in [0.25, 0.3) is 10.0 Å². The third kappa shape index (κ3) is 8.87. The van der Waals surface area contributed by atoms with Crippen molar-refractivity contribution in [1.82, 2.24) is 10.2 Å². The van der Waals surface area contributed by atoms with E-state index in [0.29, 0.717) is 34.0 Å². The molecule has 0 saturated carbocycles. The SMILES string of the molecule is CCNC(=O)[C@@H](Cc1ccccc1)N(Cc1ccccc1Cl)C(=O)CN(c1ccc(OCC)cc1)S(=O)(=O)c1ccc(Br)cc1. The molecule has 1 N–H and O–H groups in total. The Bertz CT molecular complexity index is 1690. The summed E-state index contributed by atoms with van der Waals surface area (Å²) in [5.74, 6) is -0.366. The fourth-order valence-corrected chi connectivity index (χ4v) is 6.67. The molecule has 8 nitrogen and oxygen atoms in total. The van der Waals surface area contributed by atoms with E-state index in [9.17, 15) is 18.0 Å². The number of benzene rings is 4. The molecule has 0 aromatic heterocycles. The molecule has 0 aliphatic carbocycles. The van der Waals surface area contributed by atoms with Crippen LogP contribution in [0, 0.1) is 0 Å². The second-order valence-electron chi connectivity index (χ2n) is 10.1. The summed E-state index contributed by atoms with van der Waals surface area (Å²) >= 11 is 9.88. The Morgan fingerprint density at radius 3 is 2.16 bits per heavy atom. The molecule has 4 rings (SSSR count). The van der Waals surface area contributed by atoms with Crippen LogP contribution in [-0.4, -0.2) is 50.9 Å². The predicted molar refractivity (Wildman–Crippen MR) is 181 cm³/mol. The minimum absolute atomic E-state index is 0.00889. The van der Waals surface area contributed by atoms with E-state index in [1.165, 1.54) is 17.0 Å². The van der Waals surface area contributed by atoms with Gasteiger partial charge in [-0.2, -0.15) is 0 Å².